The molecule has 0 atom stereocenters. The molecule has 0 aliphatic carbocycles. The van der Waals surface area contributed by atoms with Crippen molar-refractivity contribution in [3.8, 4) is 5.75 Å². The minimum absolute atomic E-state index is 0. The van der Waals surface area contributed by atoms with Gasteiger partial charge in [0.1, 0.15) is 5.75 Å². The molecule has 0 bridgehead atoms. The normalized spacial score (nSPS) is 9.71. The third-order valence-electron chi connectivity index (χ3n) is 2.17. The summed E-state index contributed by atoms with van der Waals surface area (Å²) >= 11 is 0. The summed E-state index contributed by atoms with van der Waals surface area (Å²) in [4.78, 5) is 2.25. The fourth-order valence-corrected chi connectivity index (χ4v) is 1.24. The molecule has 0 amide bonds. The summed E-state index contributed by atoms with van der Waals surface area (Å²) in [6.45, 7) is 4.15. The molecule has 0 radical (unpaired) electrons. The standard InChI is InChI=1S/C11H17NO.CH4/c1-4-12(2)9-10-7-5-6-8-11(10)13-3;/h5-8H,4,9H2,1-3H3;1H4. The number of nitrogens with zero attached hydrogens (tertiary/aromatic N) is 1. The fourth-order valence-electron chi connectivity index (χ4n) is 1.24. The van der Waals surface area contributed by atoms with Gasteiger partial charge in [0.15, 0.2) is 0 Å². The van der Waals surface area contributed by atoms with Crippen molar-refractivity contribution in [1.82, 2.24) is 4.90 Å². The van der Waals surface area contributed by atoms with Crippen LogP contribution in [0.15, 0.2) is 24.3 Å². The molecule has 0 fully saturated rings. The first-order valence-electron chi connectivity index (χ1n) is 4.58. The molecule has 14 heavy (non-hydrogen) atoms. The van der Waals surface area contributed by atoms with E-state index >= 15 is 0 Å². The maximum absolute atomic E-state index is 5.26. The molecule has 2 nitrogen and oxygen atoms in total. The topological polar surface area (TPSA) is 12.5 Å². The summed E-state index contributed by atoms with van der Waals surface area (Å²) in [7, 11) is 3.82. The average Bonchev–Trinajstić information content (AvgIpc) is 2.18. The second kappa shape index (κ2) is 6.44. The second-order valence-electron chi connectivity index (χ2n) is 3.14. The van der Waals surface area contributed by atoms with Crippen LogP contribution in [0.2, 0.25) is 0 Å². The Bertz CT molecular complexity index is 260. The predicted molar refractivity (Wildman–Crippen MR) is 61.7 cm³/mol. The molecule has 1 aromatic rings. The van der Waals surface area contributed by atoms with E-state index in [1.165, 1.54) is 5.56 Å². The van der Waals surface area contributed by atoms with Crippen LogP contribution in [0.25, 0.3) is 0 Å². The van der Waals surface area contributed by atoms with Crippen LogP contribution >= 0.6 is 0 Å². The number of benzene rings is 1. The van der Waals surface area contributed by atoms with Crippen molar-refractivity contribution in [2.45, 2.75) is 20.9 Å². The largest absolute Gasteiger partial charge is 0.496 e. The van der Waals surface area contributed by atoms with Crippen molar-refractivity contribution >= 4 is 0 Å². The first-order chi connectivity index (χ1) is 6.27. The highest BCUT2D eigenvalue weighted by Crippen LogP contribution is 2.18. The van der Waals surface area contributed by atoms with Crippen molar-refractivity contribution in [1.29, 1.82) is 0 Å². The first-order valence-corrected chi connectivity index (χ1v) is 4.58. The van der Waals surface area contributed by atoms with Gasteiger partial charge in [-0.05, 0) is 19.7 Å². The average molecular weight is 195 g/mol. The summed E-state index contributed by atoms with van der Waals surface area (Å²) < 4.78 is 5.26. The molecule has 0 aliphatic heterocycles. The molecule has 0 saturated carbocycles. The van der Waals surface area contributed by atoms with E-state index in [1.54, 1.807) is 7.11 Å². The number of ether oxygens (including phenoxy) is 1. The van der Waals surface area contributed by atoms with Crippen LogP contribution in [0, 0.1) is 0 Å². The van der Waals surface area contributed by atoms with Gasteiger partial charge in [-0.25, -0.2) is 0 Å². The highest BCUT2D eigenvalue weighted by atomic mass is 16.5. The van der Waals surface area contributed by atoms with Crippen LogP contribution in [0.1, 0.15) is 19.9 Å². The number of para-hydroxylation sites is 1. The van der Waals surface area contributed by atoms with Gasteiger partial charge in [0.2, 0.25) is 0 Å². The lowest BCUT2D eigenvalue weighted by molar-refractivity contribution is 0.333. The molecule has 0 N–H and O–H groups in total. The Hall–Kier alpha value is -1.02. The number of hydrogen-bond acceptors (Lipinski definition) is 2. The molecule has 0 unspecified atom stereocenters. The molecule has 2 heteroatoms. The van der Waals surface area contributed by atoms with Gasteiger partial charge in [0.05, 0.1) is 7.11 Å². The smallest absolute Gasteiger partial charge is 0.123 e. The Kier molecular flexibility index (Phi) is 5.97. The van der Waals surface area contributed by atoms with Gasteiger partial charge in [-0.15, -0.1) is 0 Å². The van der Waals surface area contributed by atoms with E-state index in [1.807, 2.05) is 18.2 Å². The minimum Gasteiger partial charge on any atom is -0.496 e. The van der Waals surface area contributed by atoms with E-state index in [4.69, 9.17) is 4.74 Å². The van der Waals surface area contributed by atoms with E-state index in [0.717, 1.165) is 18.8 Å². The third-order valence-corrected chi connectivity index (χ3v) is 2.17. The van der Waals surface area contributed by atoms with Gasteiger partial charge in [0.25, 0.3) is 0 Å². The Morgan fingerprint density at radius 2 is 1.93 bits per heavy atom. The molecule has 0 aromatic heterocycles. The van der Waals surface area contributed by atoms with Gasteiger partial charge in [-0.1, -0.05) is 32.5 Å². The molecule has 0 aliphatic rings. The maximum Gasteiger partial charge on any atom is 0.123 e. The van der Waals surface area contributed by atoms with E-state index in [-0.39, 0.29) is 7.43 Å². The number of hydrogen-bond donors (Lipinski definition) is 0. The van der Waals surface area contributed by atoms with Crippen molar-refractivity contribution in [3.63, 3.8) is 0 Å². The zero-order chi connectivity index (χ0) is 9.68. The molecular formula is C12H21NO. The Balaban J connectivity index is 0.00000169. The SMILES string of the molecule is C.CCN(C)Cc1ccccc1OC. The maximum atomic E-state index is 5.26. The quantitative estimate of drug-likeness (QED) is 0.732. The summed E-state index contributed by atoms with van der Waals surface area (Å²) in [5.41, 5.74) is 1.24. The lowest BCUT2D eigenvalue weighted by Crippen LogP contribution is -2.17. The summed E-state index contributed by atoms with van der Waals surface area (Å²) in [5, 5.41) is 0. The molecule has 80 valence electrons. The van der Waals surface area contributed by atoms with Crippen LogP contribution in [0.4, 0.5) is 0 Å². The number of rotatable bonds is 4. The van der Waals surface area contributed by atoms with Gasteiger partial charge in [-0.2, -0.15) is 0 Å². The third kappa shape index (κ3) is 3.38. The van der Waals surface area contributed by atoms with Crippen molar-refractivity contribution in [2.24, 2.45) is 0 Å². The number of methoxy groups -OCH3 is 1. The van der Waals surface area contributed by atoms with Gasteiger partial charge in [-0.3, -0.25) is 0 Å². The van der Waals surface area contributed by atoms with Crippen LogP contribution in [0.5, 0.6) is 5.75 Å². The van der Waals surface area contributed by atoms with Crippen molar-refractivity contribution in [3.05, 3.63) is 29.8 Å². The highest BCUT2D eigenvalue weighted by Gasteiger charge is 2.02. The summed E-state index contributed by atoms with van der Waals surface area (Å²) in [6.07, 6.45) is 0. The lowest BCUT2D eigenvalue weighted by Gasteiger charge is -2.15. The zero-order valence-corrected chi connectivity index (χ0v) is 8.58. The van der Waals surface area contributed by atoms with E-state index in [9.17, 15) is 0 Å². The van der Waals surface area contributed by atoms with Gasteiger partial charge in [0, 0.05) is 12.1 Å². The summed E-state index contributed by atoms with van der Waals surface area (Å²) in [5.74, 6) is 0.975. The van der Waals surface area contributed by atoms with E-state index in [0.29, 0.717) is 0 Å². The molecular weight excluding hydrogens is 174 g/mol. The summed E-state index contributed by atoms with van der Waals surface area (Å²) in [6, 6.07) is 8.14. The monoisotopic (exact) mass is 195 g/mol. The Morgan fingerprint density at radius 1 is 1.29 bits per heavy atom. The molecule has 1 rings (SSSR count). The van der Waals surface area contributed by atoms with Crippen LogP contribution in [-0.2, 0) is 6.54 Å². The van der Waals surface area contributed by atoms with Gasteiger partial charge >= 0.3 is 0 Å². The Morgan fingerprint density at radius 3 is 2.50 bits per heavy atom. The first kappa shape index (κ1) is 13.0. The van der Waals surface area contributed by atoms with Crippen molar-refractivity contribution < 1.29 is 4.74 Å². The van der Waals surface area contributed by atoms with Crippen molar-refractivity contribution in [2.75, 3.05) is 20.7 Å². The van der Waals surface area contributed by atoms with Gasteiger partial charge < -0.3 is 9.64 Å². The molecule has 0 heterocycles. The predicted octanol–water partition coefficient (Wildman–Crippen LogP) is 2.78. The fraction of sp³-hybridized carbons (Fsp3) is 0.500. The van der Waals surface area contributed by atoms with Crippen LogP contribution in [0.3, 0.4) is 0 Å². The Labute approximate surface area is 87.5 Å². The highest BCUT2D eigenvalue weighted by molar-refractivity contribution is 5.32. The zero-order valence-electron chi connectivity index (χ0n) is 8.58. The van der Waals surface area contributed by atoms with E-state index < -0.39 is 0 Å². The molecule has 0 spiro atoms. The minimum atomic E-state index is 0. The van der Waals surface area contributed by atoms with E-state index in [2.05, 4.69) is 24.9 Å². The van der Waals surface area contributed by atoms with Crippen LogP contribution < -0.4 is 4.74 Å². The second-order valence-corrected chi connectivity index (χ2v) is 3.14. The van der Waals surface area contributed by atoms with Crippen LogP contribution in [-0.4, -0.2) is 25.6 Å². The lowest BCUT2D eigenvalue weighted by atomic mass is 10.2. The molecule has 0 saturated heterocycles. The molecule has 1 aromatic carbocycles.